The predicted octanol–water partition coefficient (Wildman–Crippen LogP) is 7.25. The third-order valence-electron chi connectivity index (χ3n) is 5.22. The summed E-state index contributed by atoms with van der Waals surface area (Å²) in [7, 11) is 0. The molecule has 0 aromatic heterocycles. The molecule has 0 unspecified atom stereocenters. The monoisotopic (exact) mass is 345 g/mol. The quantitative estimate of drug-likeness (QED) is 0.269. The van der Waals surface area contributed by atoms with Gasteiger partial charge in [0, 0.05) is 6.54 Å². The molecule has 0 spiro atoms. The second-order valence-corrected chi connectivity index (χ2v) is 7.61. The van der Waals surface area contributed by atoms with Crippen LogP contribution in [0.15, 0.2) is 30.3 Å². The second-order valence-electron chi connectivity index (χ2n) is 7.61. The van der Waals surface area contributed by atoms with Crippen LogP contribution in [0.1, 0.15) is 96.5 Å². The lowest BCUT2D eigenvalue weighted by atomic mass is 10.1. The number of nitrogens with zero attached hydrogens (tertiary/aromatic N) is 1. The van der Waals surface area contributed by atoms with Crippen molar-refractivity contribution in [2.45, 2.75) is 97.3 Å². The third kappa shape index (κ3) is 13.1. The van der Waals surface area contributed by atoms with E-state index < -0.39 is 0 Å². The zero-order valence-corrected chi connectivity index (χ0v) is 17.1. The fraction of sp³-hybridized carbons (Fsp3) is 0.750. The minimum atomic E-state index is 1.20. The van der Waals surface area contributed by atoms with E-state index in [0.29, 0.717) is 0 Å². The van der Waals surface area contributed by atoms with Crippen LogP contribution in [-0.4, -0.2) is 24.5 Å². The van der Waals surface area contributed by atoms with Gasteiger partial charge in [-0.1, -0.05) is 108 Å². The van der Waals surface area contributed by atoms with Crippen LogP contribution in [0.2, 0.25) is 0 Å². The van der Waals surface area contributed by atoms with Gasteiger partial charge in [0.1, 0.15) is 0 Å². The lowest BCUT2D eigenvalue weighted by Crippen LogP contribution is -2.28. The molecule has 0 aliphatic heterocycles. The Balaban J connectivity index is 2.18. The highest BCUT2D eigenvalue weighted by Gasteiger charge is 2.05. The number of benzene rings is 1. The van der Waals surface area contributed by atoms with Crippen molar-refractivity contribution in [3.05, 3.63) is 35.9 Å². The summed E-state index contributed by atoms with van der Waals surface area (Å²) < 4.78 is 0. The van der Waals surface area contributed by atoms with Gasteiger partial charge in [-0.15, -0.1) is 0 Å². The van der Waals surface area contributed by atoms with Crippen molar-refractivity contribution in [3.63, 3.8) is 0 Å². The summed E-state index contributed by atoms with van der Waals surface area (Å²) in [5, 5.41) is 0. The third-order valence-corrected chi connectivity index (χ3v) is 5.22. The van der Waals surface area contributed by atoms with Crippen molar-refractivity contribution in [1.29, 1.82) is 0 Å². The first-order valence-electron chi connectivity index (χ1n) is 11.1. The molecule has 1 heteroatoms. The van der Waals surface area contributed by atoms with Crippen LogP contribution in [0.5, 0.6) is 0 Å². The highest BCUT2D eigenvalue weighted by Crippen LogP contribution is 2.10. The van der Waals surface area contributed by atoms with Gasteiger partial charge in [-0.05, 0) is 37.9 Å². The Kier molecular flexibility index (Phi) is 14.8. The molecule has 1 nitrogen and oxygen atoms in total. The van der Waals surface area contributed by atoms with Gasteiger partial charge in [-0.2, -0.15) is 0 Å². The van der Waals surface area contributed by atoms with Gasteiger partial charge in [0.05, 0.1) is 0 Å². The minimum absolute atomic E-state index is 1.20. The molecule has 1 rings (SSSR count). The summed E-state index contributed by atoms with van der Waals surface area (Å²) in [6.45, 7) is 8.42. The average Bonchev–Trinajstić information content (AvgIpc) is 2.65. The number of hydrogen-bond acceptors (Lipinski definition) is 1. The van der Waals surface area contributed by atoms with Crippen molar-refractivity contribution in [2.75, 3.05) is 19.6 Å². The number of unbranched alkanes of at least 4 members (excludes halogenated alkanes) is 10. The first kappa shape index (κ1) is 22.2. The number of rotatable bonds is 17. The predicted molar refractivity (Wildman–Crippen MR) is 113 cm³/mol. The van der Waals surface area contributed by atoms with E-state index in [9.17, 15) is 0 Å². The molecule has 0 saturated heterocycles. The molecule has 25 heavy (non-hydrogen) atoms. The number of hydrogen-bond donors (Lipinski definition) is 0. The molecule has 0 fully saturated rings. The molecule has 0 aliphatic rings. The summed E-state index contributed by atoms with van der Waals surface area (Å²) in [5.74, 6) is 0. The molecule has 0 heterocycles. The summed E-state index contributed by atoms with van der Waals surface area (Å²) in [6, 6.07) is 11.0. The normalized spacial score (nSPS) is 11.3. The van der Waals surface area contributed by atoms with Crippen LogP contribution in [-0.2, 0) is 6.42 Å². The van der Waals surface area contributed by atoms with Gasteiger partial charge < -0.3 is 4.90 Å². The molecular weight excluding hydrogens is 302 g/mol. The van der Waals surface area contributed by atoms with Crippen molar-refractivity contribution >= 4 is 0 Å². The summed E-state index contributed by atoms with van der Waals surface area (Å²) in [4.78, 5) is 2.72. The van der Waals surface area contributed by atoms with Gasteiger partial charge in [0.25, 0.3) is 0 Å². The molecule has 0 atom stereocenters. The van der Waals surface area contributed by atoms with Crippen LogP contribution < -0.4 is 0 Å². The Labute approximate surface area is 158 Å². The Morgan fingerprint density at radius 2 is 1.04 bits per heavy atom. The minimum Gasteiger partial charge on any atom is -0.303 e. The molecule has 0 amide bonds. The van der Waals surface area contributed by atoms with Crippen LogP contribution in [0, 0.1) is 0 Å². The van der Waals surface area contributed by atoms with Gasteiger partial charge in [-0.3, -0.25) is 0 Å². The van der Waals surface area contributed by atoms with Crippen LogP contribution >= 0.6 is 0 Å². The van der Waals surface area contributed by atoms with E-state index in [2.05, 4.69) is 49.1 Å². The van der Waals surface area contributed by atoms with Gasteiger partial charge in [0.15, 0.2) is 0 Å². The molecule has 0 aliphatic carbocycles. The summed E-state index contributed by atoms with van der Waals surface area (Å²) in [5.41, 5.74) is 1.48. The Bertz CT molecular complexity index is 373. The summed E-state index contributed by atoms with van der Waals surface area (Å²) >= 11 is 0. The Hall–Kier alpha value is -0.820. The van der Waals surface area contributed by atoms with Crippen LogP contribution in [0.3, 0.4) is 0 Å². The molecule has 0 bridgehead atoms. The van der Waals surface area contributed by atoms with Crippen molar-refractivity contribution in [2.24, 2.45) is 0 Å². The molecule has 0 saturated carbocycles. The first-order valence-corrected chi connectivity index (χ1v) is 11.1. The van der Waals surface area contributed by atoms with Crippen molar-refractivity contribution < 1.29 is 0 Å². The standard InChI is InChI=1S/C24H43N/c1-3-5-7-9-10-11-12-17-22-25(21-16-8-6-4-2)23-20-24-18-14-13-15-19-24/h13-15,18-19H,3-12,16-17,20-23H2,1-2H3. The summed E-state index contributed by atoms with van der Waals surface area (Å²) in [6.07, 6.45) is 18.1. The van der Waals surface area contributed by atoms with Crippen molar-refractivity contribution in [1.82, 2.24) is 4.90 Å². The SMILES string of the molecule is CCCCCCCCCCN(CCCCCC)CCc1ccccc1. The molecule has 0 radical (unpaired) electrons. The zero-order valence-electron chi connectivity index (χ0n) is 17.1. The van der Waals surface area contributed by atoms with E-state index >= 15 is 0 Å². The van der Waals surface area contributed by atoms with E-state index in [4.69, 9.17) is 0 Å². The molecule has 0 N–H and O–H groups in total. The molecule has 144 valence electrons. The highest BCUT2D eigenvalue weighted by molar-refractivity contribution is 5.14. The first-order chi connectivity index (χ1) is 12.4. The fourth-order valence-corrected chi connectivity index (χ4v) is 3.50. The smallest absolute Gasteiger partial charge is 0.00218 e. The topological polar surface area (TPSA) is 3.24 Å². The molecular formula is C24H43N. The maximum absolute atomic E-state index is 2.72. The van der Waals surface area contributed by atoms with E-state index in [1.165, 1.54) is 109 Å². The van der Waals surface area contributed by atoms with Crippen LogP contribution in [0.4, 0.5) is 0 Å². The van der Waals surface area contributed by atoms with E-state index in [0.717, 1.165) is 0 Å². The highest BCUT2D eigenvalue weighted by atomic mass is 15.1. The van der Waals surface area contributed by atoms with E-state index in [-0.39, 0.29) is 0 Å². The maximum Gasteiger partial charge on any atom is 0.00218 e. The van der Waals surface area contributed by atoms with Gasteiger partial charge in [0.2, 0.25) is 0 Å². The molecule has 1 aromatic rings. The van der Waals surface area contributed by atoms with Gasteiger partial charge >= 0.3 is 0 Å². The lowest BCUT2D eigenvalue weighted by Gasteiger charge is -2.22. The van der Waals surface area contributed by atoms with E-state index in [1.54, 1.807) is 0 Å². The van der Waals surface area contributed by atoms with Crippen molar-refractivity contribution in [3.8, 4) is 0 Å². The van der Waals surface area contributed by atoms with Gasteiger partial charge in [-0.25, -0.2) is 0 Å². The van der Waals surface area contributed by atoms with E-state index in [1.807, 2.05) is 0 Å². The Morgan fingerprint density at radius 1 is 0.560 bits per heavy atom. The lowest BCUT2D eigenvalue weighted by molar-refractivity contribution is 0.263. The average molecular weight is 346 g/mol. The molecule has 1 aromatic carbocycles. The largest absolute Gasteiger partial charge is 0.303 e. The maximum atomic E-state index is 2.72. The fourth-order valence-electron chi connectivity index (χ4n) is 3.50. The zero-order chi connectivity index (χ0) is 18.0. The second kappa shape index (κ2) is 16.6. The Morgan fingerprint density at radius 3 is 1.60 bits per heavy atom. The van der Waals surface area contributed by atoms with Crippen LogP contribution in [0.25, 0.3) is 0 Å².